The van der Waals surface area contributed by atoms with Gasteiger partial charge in [-0.3, -0.25) is 0 Å². The third kappa shape index (κ3) is 3.22. The van der Waals surface area contributed by atoms with E-state index in [1.165, 1.54) is 12.1 Å². The minimum Gasteiger partial charge on any atom is -0.487 e. The van der Waals surface area contributed by atoms with Gasteiger partial charge in [0.25, 0.3) is 0 Å². The van der Waals surface area contributed by atoms with Crippen molar-refractivity contribution in [2.24, 2.45) is 0 Å². The molecule has 0 saturated carbocycles. The summed E-state index contributed by atoms with van der Waals surface area (Å²) in [6, 6.07) is 11.4. The van der Waals surface area contributed by atoms with Gasteiger partial charge in [-0.15, -0.1) is 11.6 Å². The van der Waals surface area contributed by atoms with E-state index in [2.05, 4.69) is 0 Å². The van der Waals surface area contributed by atoms with E-state index in [4.69, 9.17) is 33.2 Å². The second-order valence-electron chi connectivity index (χ2n) is 4.08. The number of nitriles is 1. The molecule has 102 valence electrons. The minimum atomic E-state index is -0.546. The van der Waals surface area contributed by atoms with Gasteiger partial charge in [0.2, 0.25) is 0 Å². The standard InChI is InChI=1S/C15H10Cl2FNO/c16-7-11-2-1-3-13(17)15(11)20-9-10-4-5-14(18)12(6-10)8-19/h1-6H,7,9H2. The summed E-state index contributed by atoms with van der Waals surface area (Å²) in [5.74, 6) is 0.241. The van der Waals surface area contributed by atoms with E-state index < -0.39 is 5.82 Å². The first kappa shape index (κ1) is 14.6. The molecule has 20 heavy (non-hydrogen) atoms. The van der Waals surface area contributed by atoms with E-state index in [1.807, 2.05) is 6.07 Å². The number of para-hydroxylation sites is 1. The smallest absolute Gasteiger partial charge is 0.142 e. The maximum atomic E-state index is 13.2. The van der Waals surface area contributed by atoms with Gasteiger partial charge < -0.3 is 4.74 Å². The van der Waals surface area contributed by atoms with Crippen LogP contribution in [0.25, 0.3) is 0 Å². The van der Waals surface area contributed by atoms with Crippen molar-refractivity contribution in [2.45, 2.75) is 12.5 Å². The number of halogens is 3. The zero-order valence-electron chi connectivity index (χ0n) is 10.4. The Morgan fingerprint density at radius 3 is 2.75 bits per heavy atom. The van der Waals surface area contributed by atoms with Crippen LogP contribution in [0.2, 0.25) is 5.02 Å². The van der Waals surface area contributed by atoms with E-state index in [1.54, 1.807) is 24.3 Å². The van der Waals surface area contributed by atoms with E-state index in [9.17, 15) is 4.39 Å². The van der Waals surface area contributed by atoms with Crippen LogP contribution in [0.1, 0.15) is 16.7 Å². The third-order valence-electron chi connectivity index (χ3n) is 2.73. The molecule has 0 N–H and O–H groups in total. The predicted molar refractivity (Wildman–Crippen MR) is 76.5 cm³/mol. The molecule has 0 amide bonds. The summed E-state index contributed by atoms with van der Waals surface area (Å²) in [6.45, 7) is 0.183. The maximum Gasteiger partial charge on any atom is 0.142 e. The Morgan fingerprint density at radius 1 is 1.25 bits per heavy atom. The van der Waals surface area contributed by atoms with E-state index in [-0.39, 0.29) is 18.1 Å². The average molecular weight is 310 g/mol. The largest absolute Gasteiger partial charge is 0.487 e. The van der Waals surface area contributed by atoms with Crippen LogP contribution in [-0.4, -0.2) is 0 Å². The number of nitrogens with zero attached hydrogens (tertiary/aromatic N) is 1. The van der Waals surface area contributed by atoms with Crippen molar-refractivity contribution < 1.29 is 9.13 Å². The summed E-state index contributed by atoms with van der Waals surface area (Å²) in [4.78, 5) is 0. The van der Waals surface area contributed by atoms with Crippen LogP contribution in [0.15, 0.2) is 36.4 Å². The van der Waals surface area contributed by atoms with Gasteiger partial charge in [-0.05, 0) is 23.8 Å². The first-order chi connectivity index (χ1) is 9.65. The number of ether oxygens (including phenoxy) is 1. The lowest BCUT2D eigenvalue weighted by Crippen LogP contribution is -1.99. The number of rotatable bonds is 4. The molecule has 0 unspecified atom stereocenters. The lowest BCUT2D eigenvalue weighted by atomic mass is 10.1. The normalized spacial score (nSPS) is 10.1. The van der Waals surface area contributed by atoms with Gasteiger partial charge in [0.15, 0.2) is 0 Å². The zero-order valence-corrected chi connectivity index (χ0v) is 11.9. The fourth-order valence-corrected chi connectivity index (χ4v) is 2.18. The van der Waals surface area contributed by atoms with Gasteiger partial charge in [-0.25, -0.2) is 4.39 Å². The molecule has 0 atom stereocenters. The topological polar surface area (TPSA) is 33.0 Å². The zero-order chi connectivity index (χ0) is 14.5. The highest BCUT2D eigenvalue weighted by molar-refractivity contribution is 6.32. The van der Waals surface area contributed by atoms with Crippen molar-refractivity contribution in [3.63, 3.8) is 0 Å². The highest BCUT2D eigenvalue weighted by Crippen LogP contribution is 2.30. The van der Waals surface area contributed by atoms with Gasteiger partial charge >= 0.3 is 0 Å². The molecule has 0 heterocycles. The van der Waals surface area contributed by atoms with Crippen LogP contribution in [0.4, 0.5) is 4.39 Å². The molecule has 0 fully saturated rings. The van der Waals surface area contributed by atoms with Crippen molar-refractivity contribution in [3.8, 4) is 11.8 Å². The van der Waals surface area contributed by atoms with Crippen molar-refractivity contribution in [1.82, 2.24) is 0 Å². The molecule has 2 aromatic carbocycles. The molecule has 2 aromatic rings. The molecule has 0 bridgehead atoms. The first-order valence-electron chi connectivity index (χ1n) is 5.80. The summed E-state index contributed by atoms with van der Waals surface area (Å²) in [7, 11) is 0. The summed E-state index contributed by atoms with van der Waals surface area (Å²) in [5.41, 5.74) is 1.45. The number of alkyl halides is 1. The molecule has 5 heteroatoms. The molecular weight excluding hydrogens is 300 g/mol. The molecule has 0 saturated heterocycles. The van der Waals surface area contributed by atoms with Crippen LogP contribution < -0.4 is 4.74 Å². The Morgan fingerprint density at radius 2 is 2.05 bits per heavy atom. The monoisotopic (exact) mass is 309 g/mol. The van der Waals surface area contributed by atoms with Crippen molar-refractivity contribution in [2.75, 3.05) is 0 Å². The molecule has 0 aliphatic heterocycles. The van der Waals surface area contributed by atoms with Gasteiger partial charge in [0.1, 0.15) is 24.2 Å². The Kier molecular flexibility index (Phi) is 4.84. The minimum absolute atomic E-state index is 0.0113. The fourth-order valence-electron chi connectivity index (χ4n) is 1.72. The van der Waals surface area contributed by atoms with Crippen molar-refractivity contribution >= 4 is 23.2 Å². The lowest BCUT2D eigenvalue weighted by Gasteiger charge is -2.12. The van der Waals surface area contributed by atoms with Crippen LogP contribution in [-0.2, 0) is 12.5 Å². The Bertz CT molecular complexity index is 667. The van der Waals surface area contributed by atoms with Gasteiger partial charge in [0.05, 0.1) is 16.5 Å². The van der Waals surface area contributed by atoms with E-state index >= 15 is 0 Å². The molecule has 0 aromatic heterocycles. The summed E-state index contributed by atoms with van der Waals surface area (Å²) < 4.78 is 18.9. The molecule has 2 nitrogen and oxygen atoms in total. The number of hydrogen-bond acceptors (Lipinski definition) is 2. The Balaban J connectivity index is 2.19. The van der Waals surface area contributed by atoms with E-state index in [0.717, 1.165) is 5.56 Å². The maximum absolute atomic E-state index is 13.2. The third-order valence-corrected chi connectivity index (χ3v) is 3.31. The average Bonchev–Trinajstić information content (AvgIpc) is 2.47. The summed E-state index contributed by atoms with van der Waals surface area (Å²) in [5, 5.41) is 9.25. The van der Waals surface area contributed by atoms with Gasteiger partial charge in [-0.2, -0.15) is 5.26 Å². The second-order valence-corrected chi connectivity index (χ2v) is 4.75. The fraction of sp³-hybridized carbons (Fsp3) is 0.133. The van der Waals surface area contributed by atoms with Gasteiger partial charge in [0, 0.05) is 5.56 Å². The van der Waals surface area contributed by atoms with Crippen LogP contribution in [0.3, 0.4) is 0 Å². The predicted octanol–water partition coefficient (Wildman–Crippen LogP) is 4.67. The first-order valence-corrected chi connectivity index (χ1v) is 6.71. The SMILES string of the molecule is N#Cc1cc(COc2c(Cl)cccc2CCl)ccc1F. The summed E-state index contributed by atoms with van der Waals surface area (Å²) >= 11 is 11.9. The molecule has 0 spiro atoms. The summed E-state index contributed by atoms with van der Waals surface area (Å²) in [6.07, 6.45) is 0. The molecule has 0 aliphatic rings. The number of hydrogen-bond donors (Lipinski definition) is 0. The molecule has 0 radical (unpaired) electrons. The van der Waals surface area contributed by atoms with Crippen molar-refractivity contribution in [1.29, 1.82) is 5.26 Å². The highest BCUT2D eigenvalue weighted by Gasteiger charge is 2.09. The van der Waals surface area contributed by atoms with Crippen LogP contribution in [0.5, 0.6) is 5.75 Å². The van der Waals surface area contributed by atoms with Crippen molar-refractivity contribution in [3.05, 3.63) is 63.9 Å². The molecule has 2 rings (SSSR count). The Labute approximate surface area is 126 Å². The van der Waals surface area contributed by atoms with Crippen LogP contribution in [0, 0.1) is 17.1 Å². The second kappa shape index (κ2) is 6.60. The van der Waals surface area contributed by atoms with Crippen LogP contribution >= 0.6 is 23.2 Å². The Hall–Kier alpha value is -1.76. The number of benzene rings is 2. The quantitative estimate of drug-likeness (QED) is 0.769. The lowest BCUT2D eigenvalue weighted by molar-refractivity contribution is 0.304. The highest BCUT2D eigenvalue weighted by atomic mass is 35.5. The van der Waals surface area contributed by atoms with E-state index in [0.29, 0.717) is 16.3 Å². The molecule has 0 aliphatic carbocycles. The molecular formula is C15H10Cl2FNO. The van der Waals surface area contributed by atoms with Gasteiger partial charge in [-0.1, -0.05) is 29.8 Å².